The predicted octanol–water partition coefficient (Wildman–Crippen LogP) is 5.65. The molecule has 0 atom stereocenters. The Labute approximate surface area is 223 Å². The molecule has 36 heavy (non-hydrogen) atoms. The molecular weight excluding hydrogens is 594 g/mol. The lowest BCUT2D eigenvalue weighted by Gasteiger charge is -2.14. The minimum absolute atomic E-state index is 0.150. The molecule has 0 spiro atoms. The number of halogens is 2. The van der Waals surface area contributed by atoms with Gasteiger partial charge in [0.25, 0.3) is 5.56 Å². The first-order valence-electron chi connectivity index (χ1n) is 10.9. The normalized spacial score (nSPS) is 11.2. The number of hydrogen-bond acceptors (Lipinski definition) is 6. The Bertz CT molecular complexity index is 1550. The van der Waals surface area contributed by atoms with Gasteiger partial charge in [-0.2, -0.15) is 9.78 Å². The number of aromatic nitrogens is 2. The Morgan fingerprint density at radius 3 is 2.69 bits per heavy atom. The molecule has 1 heterocycles. The van der Waals surface area contributed by atoms with E-state index in [1.54, 1.807) is 48.7 Å². The minimum Gasteiger partial charge on any atom is -0.493 e. The van der Waals surface area contributed by atoms with E-state index in [1.165, 1.54) is 17.9 Å². The minimum atomic E-state index is -1.00. The molecule has 3 aromatic carbocycles. The third kappa shape index (κ3) is 5.50. The summed E-state index contributed by atoms with van der Waals surface area (Å²) in [7, 11) is 1.52. The van der Waals surface area contributed by atoms with Gasteiger partial charge in [0.15, 0.2) is 11.5 Å². The SMILES string of the molecule is CCc1nc2ccc(Br)cc2c(=O)n1N=Cc1cc(Br)c(OCc2cccc(C(=O)O)c2)c(OC)c1. The van der Waals surface area contributed by atoms with E-state index >= 15 is 0 Å². The molecule has 0 fully saturated rings. The van der Waals surface area contributed by atoms with Gasteiger partial charge in [-0.1, -0.05) is 35.0 Å². The number of carboxylic acid groups (broad SMARTS) is 1. The first-order chi connectivity index (χ1) is 17.3. The van der Waals surface area contributed by atoms with Crippen LogP contribution in [0.25, 0.3) is 10.9 Å². The highest BCUT2D eigenvalue weighted by Gasteiger charge is 2.14. The summed E-state index contributed by atoms with van der Waals surface area (Å²) in [6, 6.07) is 15.4. The standard InChI is InChI=1S/C26H21Br2N3O5/c1-3-23-30-21-8-7-18(27)12-19(21)25(32)31(23)29-13-16-10-20(28)24(22(11-16)35-2)36-14-15-5-4-6-17(9-15)26(33)34/h4-13H,3,14H2,1-2H3,(H,33,34). The van der Waals surface area contributed by atoms with Crippen molar-refractivity contribution in [1.82, 2.24) is 9.66 Å². The van der Waals surface area contributed by atoms with E-state index in [0.29, 0.717) is 50.2 Å². The van der Waals surface area contributed by atoms with Gasteiger partial charge in [0.1, 0.15) is 12.4 Å². The molecule has 10 heteroatoms. The summed E-state index contributed by atoms with van der Waals surface area (Å²) < 4.78 is 14.1. The van der Waals surface area contributed by atoms with Crippen LogP contribution >= 0.6 is 31.9 Å². The van der Waals surface area contributed by atoms with E-state index in [9.17, 15) is 14.7 Å². The van der Waals surface area contributed by atoms with E-state index in [2.05, 4.69) is 41.9 Å². The van der Waals surface area contributed by atoms with Crippen molar-refractivity contribution in [2.75, 3.05) is 7.11 Å². The molecule has 0 saturated carbocycles. The molecule has 0 unspecified atom stereocenters. The molecule has 0 aliphatic heterocycles. The topological polar surface area (TPSA) is 103 Å². The lowest BCUT2D eigenvalue weighted by Crippen LogP contribution is -2.22. The Balaban J connectivity index is 1.64. The average molecular weight is 615 g/mol. The summed E-state index contributed by atoms with van der Waals surface area (Å²) in [5.41, 5.74) is 1.92. The fraction of sp³-hybridized carbons (Fsp3) is 0.154. The van der Waals surface area contributed by atoms with Crippen molar-refractivity contribution in [3.63, 3.8) is 0 Å². The first-order valence-corrected chi connectivity index (χ1v) is 12.5. The monoisotopic (exact) mass is 613 g/mol. The van der Waals surface area contributed by atoms with Gasteiger partial charge in [-0.3, -0.25) is 4.79 Å². The van der Waals surface area contributed by atoms with E-state index in [-0.39, 0.29) is 17.7 Å². The number of fused-ring (bicyclic) bond motifs is 1. The van der Waals surface area contributed by atoms with Crippen LogP contribution in [0.3, 0.4) is 0 Å². The van der Waals surface area contributed by atoms with Gasteiger partial charge in [0, 0.05) is 10.9 Å². The molecule has 0 bridgehead atoms. The molecule has 0 aliphatic carbocycles. The number of aryl methyl sites for hydroxylation is 1. The Kier molecular flexibility index (Phi) is 7.85. The van der Waals surface area contributed by atoms with Crippen LogP contribution in [0.1, 0.15) is 34.2 Å². The Hall–Kier alpha value is -3.50. The number of nitrogens with zero attached hydrogens (tertiary/aromatic N) is 3. The van der Waals surface area contributed by atoms with E-state index < -0.39 is 5.97 Å². The third-order valence-electron chi connectivity index (χ3n) is 5.32. The number of hydrogen-bond donors (Lipinski definition) is 1. The second-order valence-electron chi connectivity index (χ2n) is 7.73. The highest BCUT2D eigenvalue weighted by atomic mass is 79.9. The summed E-state index contributed by atoms with van der Waals surface area (Å²) in [4.78, 5) is 28.9. The van der Waals surface area contributed by atoms with Gasteiger partial charge < -0.3 is 14.6 Å². The number of ether oxygens (including phenoxy) is 2. The van der Waals surface area contributed by atoms with Crippen molar-refractivity contribution in [3.8, 4) is 11.5 Å². The highest BCUT2D eigenvalue weighted by molar-refractivity contribution is 9.10. The van der Waals surface area contributed by atoms with Gasteiger partial charge in [-0.25, -0.2) is 9.78 Å². The van der Waals surface area contributed by atoms with Crippen LogP contribution in [0.15, 0.2) is 73.4 Å². The molecule has 0 aliphatic rings. The smallest absolute Gasteiger partial charge is 0.335 e. The largest absolute Gasteiger partial charge is 0.493 e. The molecule has 1 aromatic heterocycles. The van der Waals surface area contributed by atoms with Gasteiger partial charge in [0.2, 0.25) is 0 Å². The number of carboxylic acids is 1. The number of rotatable bonds is 8. The molecule has 1 N–H and O–H groups in total. The summed E-state index contributed by atoms with van der Waals surface area (Å²) in [6.07, 6.45) is 2.08. The maximum atomic E-state index is 13.1. The molecule has 0 saturated heterocycles. The Morgan fingerprint density at radius 2 is 1.97 bits per heavy atom. The molecule has 4 rings (SSSR count). The third-order valence-corrected chi connectivity index (χ3v) is 6.41. The van der Waals surface area contributed by atoms with Crippen molar-refractivity contribution in [1.29, 1.82) is 0 Å². The van der Waals surface area contributed by atoms with Crippen molar-refractivity contribution in [2.45, 2.75) is 20.0 Å². The predicted molar refractivity (Wildman–Crippen MR) is 145 cm³/mol. The van der Waals surface area contributed by atoms with Crippen molar-refractivity contribution < 1.29 is 19.4 Å². The number of carbonyl (C=O) groups is 1. The fourth-order valence-corrected chi connectivity index (χ4v) is 4.51. The zero-order valence-electron chi connectivity index (χ0n) is 19.4. The van der Waals surface area contributed by atoms with Crippen LogP contribution in [0, 0.1) is 0 Å². The summed E-state index contributed by atoms with van der Waals surface area (Å²) in [5.74, 6) is 0.447. The van der Waals surface area contributed by atoms with Crippen molar-refractivity contribution in [2.24, 2.45) is 5.10 Å². The summed E-state index contributed by atoms with van der Waals surface area (Å²) in [5, 5.41) is 14.1. The zero-order chi connectivity index (χ0) is 25.8. The highest BCUT2D eigenvalue weighted by Crippen LogP contribution is 2.37. The second-order valence-corrected chi connectivity index (χ2v) is 9.50. The molecular formula is C26H21Br2N3O5. The van der Waals surface area contributed by atoms with E-state index in [1.807, 2.05) is 13.0 Å². The fourth-order valence-electron chi connectivity index (χ4n) is 3.57. The average Bonchev–Trinajstić information content (AvgIpc) is 2.87. The lowest BCUT2D eigenvalue weighted by molar-refractivity contribution is 0.0696. The first kappa shape index (κ1) is 25.6. The van der Waals surface area contributed by atoms with Crippen LogP contribution < -0.4 is 15.0 Å². The van der Waals surface area contributed by atoms with Crippen LogP contribution in [0.4, 0.5) is 0 Å². The van der Waals surface area contributed by atoms with Crippen molar-refractivity contribution >= 4 is 54.9 Å². The van der Waals surface area contributed by atoms with E-state index in [4.69, 9.17) is 9.47 Å². The molecule has 4 aromatic rings. The molecule has 8 nitrogen and oxygen atoms in total. The maximum Gasteiger partial charge on any atom is 0.335 e. The lowest BCUT2D eigenvalue weighted by atomic mass is 10.1. The summed E-state index contributed by atoms with van der Waals surface area (Å²) >= 11 is 6.91. The molecule has 0 amide bonds. The van der Waals surface area contributed by atoms with Crippen LogP contribution in [-0.4, -0.2) is 34.1 Å². The van der Waals surface area contributed by atoms with Gasteiger partial charge in [-0.15, -0.1) is 0 Å². The Morgan fingerprint density at radius 1 is 1.17 bits per heavy atom. The zero-order valence-corrected chi connectivity index (χ0v) is 22.5. The van der Waals surface area contributed by atoms with E-state index in [0.717, 1.165) is 4.47 Å². The molecule has 184 valence electrons. The number of methoxy groups -OCH3 is 1. The molecule has 0 radical (unpaired) electrons. The summed E-state index contributed by atoms with van der Waals surface area (Å²) in [6.45, 7) is 2.06. The van der Waals surface area contributed by atoms with Crippen molar-refractivity contribution in [3.05, 3.63) is 96.4 Å². The maximum absolute atomic E-state index is 13.1. The van der Waals surface area contributed by atoms with Gasteiger partial charge in [-0.05, 0) is 69.5 Å². The number of aromatic carboxylic acids is 1. The van der Waals surface area contributed by atoms with Gasteiger partial charge in [0.05, 0.1) is 34.3 Å². The van der Waals surface area contributed by atoms with Crippen LogP contribution in [-0.2, 0) is 13.0 Å². The second kappa shape index (κ2) is 11.0. The van der Waals surface area contributed by atoms with Crippen LogP contribution in [0.2, 0.25) is 0 Å². The van der Waals surface area contributed by atoms with Crippen LogP contribution in [0.5, 0.6) is 11.5 Å². The van der Waals surface area contributed by atoms with Gasteiger partial charge >= 0.3 is 5.97 Å². The number of benzene rings is 3. The quantitative estimate of drug-likeness (QED) is 0.257.